The second kappa shape index (κ2) is 5.89. The Balaban J connectivity index is 2.36. The van der Waals surface area contributed by atoms with Gasteiger partial charge in [-0.2, -0.15) is 0 Å². The van der Waals surface area contributed by atoms with Crippen molar-refractivity contribution in [1.82, 2.24) is 5.32 Å². The van der Waals surface area contributed by atoms with Crippen molar-refractivity contribution in [1.29, 1.82) is 0 Å². The van der Waals surface area contributed by atoms with Gasteiger partial charge in [0.25, 0.3) is 0 Å². The molecule has 0 saturated heterocycles. The van der Waals surface area contributed by atoms with Gasteiger partial charge in [0.1, 0.15) is 0 Å². The Morgan fingerprint density at radius 2 is 2.14 bits per heavy atom. The lowest BCUT2D eigenvalue weighted by molar-refractivity contribution is 0.500. The number of halogens is 1. The number of thiophene rings is 1. The van der Waals surface area contributed by atoms with Gasteiger partial charge in [0.15, 0.2) is 0 Å². The second-order valence-electron chi connectivity index (χ2n) is 3.99. The molecule has 1 N–H and O–H groups in total. The normalized spacial score (nSPS) is 13.5. The van der Waals surface area contributed by atoms with Crippen LogP contribution in [0, 0.1) is 5.92 Å². The van der Waals surface area contributed by atoms with Crippen molar-refractivity contribution < 1.29 is 0 Å². The molecule has 0 aliphatic heterocycles. The predicted molar refractivity (Wildman–Crippen MR) is 67.9 cm³/mol. The highest BCUT2D eigenvalue weighted by Gasteiger charge is 2.09. The highest BCUT2D eigenvalue weighted by atomic mass is 79.9. The van der Waals surface area contributed by atoms with Crippen LogP contribution in [0.15, 0.2) is 15.9 Å². The Morgan fingerprint density at radius 1 is 1.43 bits per heavy atom. The summed E-state index contributed by atoms with van der Waals surface area (Å²) < 4.78 is 1.23. The Hall–Kier alpha value is 0.140. The maximum atomic E-state index is 3.56. The first-order valence-electron chi connectivity index (χ1n) is 5.07. The van der Waals surface area contributed by atoms with E-state index >= 15 is 0 Å². The van der Waals surface area contributed by atoms with Crippen LogP contribution in [0.2, 0.25) is 0 Å². The molecule has 0 fully saturated rings. The van der Waals surface area contributed by atoms with Crippen LogP contribution in [0.1, 0.15) is 38.1 Å². The van der Waals surface area contributed by atoms with Crippen molar-refractivity contribution in [2.75, 3.05) is 6.54 Å². The molecule has 1 heterocycles. The Bertz CT molecular complexity index is 270. The van der Waals surface area contributed by atoms with Gasteiger partial charge in [0, 0.05) is 15.4 Å². The average Bonchev–Trinajstić information content (AvgIpc) is 2.50. The van der Waals surface area contributed by atoms with E-state index in [-0.39, 0.29) is 0 Å². The summed E-state index contributed by atoms with van der Waals surface area (Å²) in [5.74, 6) is 0.779. The molecule has 0 aliphatic carbocycles. The van der Waals surface area contributed by atoms with E-state index in [0.29, 0.717) is 6.04 Å². The molecule has 0 spiro atoms. The third kappa shape index (κ3) is 3.71. The van der Waals surface area contributed by atoms with Gasteiger partial charge >= 0.3 is 0 Å². The van der Waals surface area contributed by atoms with Crippen molar-refractivity contribution >= 4 is 27.3 Å². The number of rotatable bonds is 5. The molecule has 0 saturated carbocycles. The highest BCUT2D eigenvalue weighted by Crippen LogP contribution is 2.28. The van der Waals surface area contributed by atoms with Gasteiger partial charge in [-0.3, -0.25) is 0 Å². The summed E-state index contributed by atoms with van der Waals surface area (Å²) in [6.07, 6.45) is 1.24. The first kappa shape index (κ1) is 12.2. The van der Waals surface area contributed by atoms with E-state index in [1.165, 1.54) is 15.8 Å². The van der Waals surface area contributed by atoms with Crippen molar-refractivity contribution in [2.24, 2.45) is 5.92 Å². The Morgan fingerprint density at radius 3 is 2.64 bits per heavy atom. The zero-order valence-electron chi connectivity index (χ0n) is 9.01. The fourth-order valence-corrected chi connectivity index (χ4v) is 3.05. The van der Waals surface area contributed by atoms with Crippen LogP contribution in [-0.4, -0.2) is 6.54 Å². The third-order valence-electron chi connectivity index (χ3n) is 2.21. The Kier molecular flexibility index (Phi) is 5.13. The minimum Gasteiger partial charge on any atom is -0.309 e. The number of nitrogens with one attached hydrogen (secondary N) is 1. The molecule has 1 aromatic heterocycles. The first-order valence-corrected chi connectivity index (χ1v) is 6.74. The largest absolute Gasteiger partial charge is 0.309 e. The van der Waals surface area contributed by atoms with Gasteiger partial charge in [-0.05, 0) is 53.2 Å². The molecule has 3 heteroatoms. The minimum absolute atomic E-state index is 0.461. The molecule has 0 aliphatic rings. The number of hydrogen-bond acceptors (Lipinski definition) is 2. The fourth-order valence-electron chi connectivity index (χ4n) is 1.30. The quantitative estimate of drug-likeness (QED) is 0.849. The SMILES string of the molecule is CC(C)CCNC(C)c1sccc1Br. The van der Waals surface area contributed by atoms with Gasteiger partial charge in [-0.15, -0.1) is 11.3 Å². The maximum absolute atomic E-state index is 3.56. The lowest BCUT2D eigenvalue weighted by atomic mass is 10.1. The molecule has 0 aromatic carbocycles. The average molecular weight is 276 g/mol. The van der Waals surface area contributed by atoms with Crippen LogP contribution in [-0.2, 0) is 0 Å². The van der Waals surface area contributed by atoms with E-state index in [2.05, 4.69) is 53.5 Å². The molecular formula is C11H18BrNS. The molecular weight excluding hydrogens is 258 g/mol. The summed E-state index contributed by atoms with van der Waals surface area (Å²) in [6.45, 7) is 7.83. The zero-order chi connectivity index (χ0) is 10.6. The van der Waals surface area contributed by atoms with Gasteiger partial charge in [-0.1, -0.05) is 13.8 Å². The van der Waals surface area contributed by atoms with E-state index in [1.807, 2.05) is 11.3 Å². The molecule has 0 bridgehead atoms. The van der Waals surface area contributed by atoms with Crippen LogP contribution < -0.4 is 5.32 Å². The minimum atomic E-state index is 0.461. The van der Waals surface area contributed by atoms with Crippen LogP contribution in [0.5, 0.6) is 0 Å². The smallest absolute Gasteiger partial charge is 0.0397 e. The predicted octanol–water partition coefficient (Wildman–Crippen LogP) is 4.21. The van der Waals surface area contributed by atoms with Gasteiger partial charge in [-0.25, -0.2) is 0 Å². The van der Waals surface area contributed by atoms with E-state index in [9.17, 15) is 0 Å². The van der Waals surface area contributed by atoms with Crippen molar-refractivity contribution in [3.05, 3.63) is 20.8 Å². The standard InChI is InChI=1S/C11H18BrNS/c1-8(2)4-6-13-9(3)11-10(12)5-7-14-11/h5,7-9,13H,4,6H2,1-3H3. The summed E-state index contributed by atoms with van der Waals surface area (Å²) in [6, 6.07) is 2.57. The monoisotopic (exact) mass is 275 g/mol. The second-order valence-corrected chi connectivity index (χ2v) is 5.79. The zero-order valence-corrected chi connectivity index (χ0v) is 11.4. The van der Waals surface area contributed by atoms with E-state index < -0.39 is 0 Å². The summed E-state index contributed by atoms with van der Waals surface area (Å²) in [4.78, 5) is 1.40. The van der Waals surface area contributed by atoms with Crippen molar-refractivity contribution in [2.45, 2.75) is 33.2 Å². The van der Waals surface area contributed by atoms with Crippen molar-refractivity contribution in [3.8, 4) is 0 Å². The van der Waals surface area contributed by atoms with Crippen LogP contribution in [0.3, 0.4) is 0 Å². The lowest BCUT2D eigenvalue weighted by Gasteiger charge is -2.13. The van der Waals surface area contributed by atoms with Crippen LogP contribution >= 0.6 is 27.3 Å². The molecule has 1 nitrogen and oxygen atoms in total. The molecule has 14 heavy (non-hydrogen) atoms. The first-order chi connectivity index (χ1) is 6.61. The topological polar surface area (TPSA) is 12.0 Å². The van der Waals surface area contributed by atoms with Crippen LogP contribution in [0.4, 0.5) is 0 Å². The molecule has 0 radical (unpaired) electrons. The highest BCUT2D eigenvalue weighted by molar-refractivity contribution is 9.10. The fraction of sp³-hybridized carbons (Fsp3) is 0.636. The Labute approximate surface area is 99.0 Å². The molecule has 80 valence electrons. The lowest BCUT2D eigenvalue weighted by Crippen LogP contribution is -2.20. The van der Waals surface area contributed by atoms with E-state index in [0.717, 1.165) is 12.5 Å². The summed E-state index contributed by atoms with van der Waals surface area (Å²) in [5, 5.41) is 5.66. The van der Waals surface area contributed by atoms with Crippen LogP contribution in [0.25, 0.3) is 0 Å². The third-order valence-corrected chi connectivity index (χ3v) is 4.26. The molecule has 0 amide bonds. The van der Waals surface area contributed by atoms with Crippen molar-refractivity contribution in [3.63, 3.8) is 0 Å². The summed E-state index contributed by atoms with van der Waals surface area (Å²) in [7, 11) is 0. The maximum Gasteiger partial charge on any atom is 0.0397 e. The van der Waals surface area contributed by atoms with E-state index in [1.54, 1.807) is 0 Å². The number of hydrogen-bond donors (Lipinski definition) is 1. The molecule has 1 unspecified atom stereocenters. The van der Waals surface area contributed by atoms with Gasteiger partial charge < -0.3 is 5.32 Å². The summed E-state index contributed by atoms with van der Waals surface area (Å²) in [5.41, 5.74) is 0. The summed E-state index contributed by atoms with van der Waals surface area (Å²) >= 11 is 5.37. The molecule has 1 aromatic rings. The van der Waals surface area contributed by atoms with Gasteiger partial charge in [0.2, 0.25) is 0 Å². The van der Waals surface area contributed by atoms with Gasteiger partial charge in [0.05, 0.1) is 0 Å². The molecule has 1 rings (SSSR count). The van der Waals surface area contributed by atoms with E-state index in [4.69, 9.17) is 0 Å². The molecule has 1 atom stereocenters.